The van der Waals surface area contributed by atoms with Crippen LogP contribution in [0.1, 0.15) is 511 Å². The van der Waals surface area contributed by atoms with Crippen molar-refractivity contribution in [2.45, 2.75) is 529 Å². The molecular weight excluding hydrogens is 1470 g/mol. The Labute approximate surface area is 702 Å². The molecule has 0 saturated heterocycles. The van der Waals surface area contributed by atoms with Crippen LogP contribution in [0.2, 0.25) is 0 Å². The average molecular weight is 1660 g/mol. The Bertz CT molecular complexity index is 2180. The Kier molecular flexibility index (Phi) is 83.2. The molecule has 0 fully saturated rings. The molecule has 0 aromatic carbocycles. The predicted octanol–water partition coefficient (Wildman–Crippen LogP) is 29.6. The zero-order chi connectivity index (χ0) is 83.6. The number of hydrogen-bond acceptors (Lipinski definition) is 15. The number of hydrogen-bond donors (Lipinski definition) is 3. The number of unbranched alkanes of at least 4 members (excludes halogenated alkanes) is 61. The number of aliphatic hydroxyl groups is 1. The molecule has 3 N–H and O–H groups in total. The van der Waals surface area contributed by atoms with Gasteiger partial charge in [0.1, 0.15) is 19.3 Å². The van der Waals surface area contributed by atoms with E-state index in [0.29, 0.717) is 25.7 Å². The van der Waals surface area contributed by atoms with Crippen LogP contribution in [0.25, 0.3) is 0 Å². The summed E-state index contributed by atoms with van der Waals surface area (Å²) in [4.78, 5) is 73.6. The maximum absolute atomic E-state index is 13.2. The number of esters is 4. The standard InChI is InChI=1S/C95H186O17P2/c1-8-9-10-11-12-13-14-31-41-48-55-62-69-76-92(97)105-82-90(111-95(100)79-72-65-58-51-44-37-30-24-23-27-34-40-47-54-61-68-75-88(6)7)84-109-113(101,102)107-80-89(96)81-108-114(103,104)110-85-91(112-94(99)78-71-64-57-50-43-36-29-22-18-16-20-26-33-39-46-53-60-67-74-87(4)5)83-106-93(98)77-70-63-56-49-42-35-28-21-17-15-19-25-32-38-45-52-59-66-73-86(2)3/h86-91,96H,8-85H2,1-7H3,(H,101,102)(H,103,104)/t89-,90+,91+/m0/s1. The first kappa shape index (κ1) is 112. The van der Waals surface area contributed by atoms with Gasteiger partial charge in [0, 0.05) is 25.7 Å². The molecule has 0 amide bonds. The molecule has 0 spiro atoms. The van der Waals surface area contributed by atoms with E-state index in [9.17, 15) is 43.2 Å². The van der Waals surface area contributed by atoms with Gasteiger partial charge in [0.05, 0.1) is 26.4 Å². The molecule has 0 rings (SSSR count). The van der Waals surface area contributed by atoms with E-state index < -0.39 is 97.5 Å². The van der Waals surface area contributed by atoms with E-state index in [1.54, 1.807) is 0 Å². The van der Waals surface area contributed by atoms with Gasteiger partial charge in [-0.1, -0.05) is 459 Å². The van der Waals surface area contributed by atoms with Crippen LogP contribution in [-0.2, 0) is 65.4 Å². The number of phosphoric acid groups is 2. The Hall–Kier alpha value is -1.94. The molecule has 0 bridgehead atoms. The van der Waals surface area contributed by atoms with Crippen molar-refractivity contribution >= 4 is 39.5 Å². The molecule has 0 aromatic rings. The first-order valence-corrected chi connectivity index (χ1v) is 51.8. The summed E-state index contributed by atoms with van der Waals surface area (Å²) >= 11 is 0. The third-order valence-electron chi connectivity index (χ3n) is 22.4. The van der Waals surface area contributed by atoms with Crippen molar-refractivity contribution in [2.75, 3.05) is 39.6 Å². The lowest BCUT2D eigenvalue weighted by Gasteiger charge is -2.21. The van der Waals surface area contributed by atoms with E-state index in [4.69, 9.17) is 37.0 Å². The van der Waals surface area contributed by atoms with E-state index in [0.717, 1.165) is 108 Å². The van der Waals surface area contributed by atoms with Crippen LogP contribution < -0.4 is 0 Å². The summed E-state index contributed by atoms with van der Waals surface area (Å²) in [5.41, 5.74) is 0. The number of ether oxygens (including phenoxy) is 4. The van der Waals surface area contributed by atoms with E-state index >= 15 is 0 Å². The summed E-state index contributed by atoms with van der Waals surface area (Å²) in [6.45, 7) is 12.1. The van der Waals surface area contributed by atoms with Gasteiger partial charge in [-0.3, -0.25) is 37.3 Å². The van der Waals surface area contributed by atoms with Crippen LogP contribution in [0, 0.1) is 17.8 Å². The number of phosphoric ester groups is 2. The van der Waals surface area contributed by atoms with Crippen LogP contribution >= 0.6 is 15.6 Å². The summed E-state index contributed by atoms with van der Waals surface area (Å²) in [7, 11) is -9.94. The van der Waals surface area contributed by atoms with Gasteiger partial charge in [0.15, 0.2) is 12.2 Å². The minimum Gasteiger partial charge on any atom is -0.462 e. The number of aliphatic hydroxyl groups excluding tert-OH is 1. The molecule has 114 heavy (non-hydrogen) atoms. The highest BCUT2D eigenvalue weighted by Gasteiger charge is 2.31. The molecule has 0 saturated carbocycles. The maximum Gasteiger partial charge on any atom is 0.472 e. The van der Waals surface area contributed by atoms with Crippen molar-refractivity contribution in [3.63, 3.8) is 0 Å². The second kappa shape index (κ2) is 84.7. The average Bonchev–Trinajstić information content (AvgIpc) is 0.897. The molecule has 0 aliphatic rings. The lowest BCUT2D eigenvalue weighted by molar-refractivity contribution is -0.161. The van der Waals surface area contributed by atoms with Gasteiger partial charge < -0.3 is 33.8 Å². The van der Waals surface area contributed by atoms with Crippen LogP contribution in [0.3, 0.4) is 0 Å². The summed E-state index contributed by atoms with van der Waals surface area (Å²) in [5, 5.41) is 10.7. The maximum atomic E-state index is 13.2. The first-order valence-electron chi connectivity index (χ1n) is 48.8. The zero-order valence-corrected chi connectivity index (χ0v) is 77.4. The van der Waals surface area contributed by atoms with Gasteiger partial charge in [0.2, 0.25) is 0 Å². The van der Waals surface area contributed by atoms with Crippen LogP contribution in [-0.4, -0.2) is 96.7 Å². The minimum atomic E-state index is -4.97. The molecule has 678 valence electrons. The molecule has 17 nitrogen and oxygen atoms in total. The van der Waals surface area contributed by atoms with Crippen molar-refractivity contribution < 1.29 is 80.2 Å². The SMILES string of the molecule is CCCCCCCCCCCCCCCC(=O)OC[C@H](COP(=O)(O)OC[C@H](O)COP(=O)(O)OC[C@@H](COC(=O)CCCCCCCCCCCCCCCCCCCCC(C)C)OC(=O)CCCCCCCCCCCCCCCCCCCCC(C)C)OC(=O)CCCCCCCCCCCCCCCCCCC(C)C. The van der Waals surface area contributed by atoms with Crippen molar-refractivity contribution in [2.24, 2.45) is 17.8 Å². The molecule has 0 heterocycles. The molecular formula is C95H186O17P2. The molecule has 5 atom stereocenters. The van der Waals surface area contributed by atoms with Gasteiger partial charge in [-0.15, -0.1) is 0 Å². The summed E-state index contributed by atoms with van der Waals surface area (Å²) in [6.07, 6.45) is 79.2. The summed E-state index contributed by atoms with van der Waals surface area (Å²) in [6, 6.07) is 0. The van der Waals surface area contributed by atoms with Crippen LogP contribution in [0.4, 0.5) is 0 Å². The fraction of sp³-hybridized carbons (Fsp3) is 0.958. The Morgan fingerprint density at radius 2 is 0.404 bits per heavy atom. The molecule has 0 aromatic heterocycles. The quantitative estimate of drug-likeness (QED) is 0.0222. The normalized spacial score (nSPS) is 13.7. The van der Waals surface area contributed by atoms with Crippen LogP contribution in [0.5, 0.6) is 0 Å². The minimum absolute atomic E-state index is 0.109. The summed E-state index contributed by atoms with van der Waals surface area (Å²) < 4.78 is 69.2. The number of carbonyl (C=O) groups is 4. The van der Waals surface area contributed by atoms with Crippen molar-refractivity contribution in [3.05, 3.63) is 0 Å². The van der Waals surface area contributed by atoms with Gasteiger partial charge >= 0.3 is 39.5 Å². The van der Waals surface area contributed by atoms with Crippen molar-refractivity contribution in [1.82, 2.24) is 0 Å². The monoisotopic (exact) mass is 1660 g/mol. The smallest absolute Gasteiger partial charge is 0.462 e. The second-order valence-corrected chi connectivity index (χ2v) is 38.4. The molecule has 0 radical (unpaired) electrons. The number of rotatable bonds is 93. The molecule has 0 aliphatic carbocycles. The van der Waals surface area contributed by atoms with Gasteiger partial charge in [-0.25, -0.2) is 9.13 Å². The lowest BCUT2D eigenvalue weighted by atomic mass is 10.0. The Morgan fingerprint density at radius 3 is 0.596 bits per heavy atom. The van der Waals surface area contributed by atoms with Gasteiger partial charge in [-0.2, -0.15) is 0 Å². The summed E-state index contributed by atoms with van der Waals surface area (Å²) in [5.74, 6) is 0.361. The highest BCUT2D eigenvalue weighted by atomic mass is 31.2. The molecule has 19 heteroatoms. The Morgan fingerprint density at radius 1 is 0.237 bits per heavy atom. The van der Waals surface area contributed by atoms with E-state index in [2.05, 4.69) is 48.5 Å². The molecule has 2 unspecified atom stereocenters. The van der Waals surface area contributed by atoms with E-state index in [-0.39, 0.29) is 25.7 Å². The van der Waals surface area contributed by atoms with Crippen molar-refractivity contribution in [1.29, 1.82) is 0 Å². The Balaban J connectivity index is 5.25. The van der Waals surface area contributed by atoms with E-state index in [1.807, 2.05) is 0 Å². The third-order valence-corrected chi connectivity index (χ3v) is 24.3. The topological polar surface area (TPSA) is 237 Å². The van der Waals surface area contributed by atoms with Gasteiger partial charge in [0.25, 0.3) is 0 Å². The van der Waals surface area contributed by atoms with Crippen molar-refractivity contribution in [3.8, 4) is 0 Å². The fourth-order valence-electron chi connectivity index (χ4n) is 15.0. The highest BCUT2D eigenvalue weighted by Crippen LogP contribution is 2.45. The largest absolute Gasteiger partial charge is 0.472 e. The molecule has 0 aliphatic heterocycles. The predicted molar refractivity (Wildman–Crippen MR) is 474 cm³/mol. The fourth-order valence-corrected chi connectivity index (χ4v) is 16.5. The highest BCUT2D eigenvalue weighted by molar-refractivity contribution is 7.47. The second-order valence-electron chi connectivity index (χ2n) is 35.5. The lowest BCUT2D eigenvalue weighted by Crippen LogP contribution is -2.30. The van der Waals surface area contributed by atoms with E-state index in [1.165, 1.54) is 321 Å². The zero-order valence-electron chi connectivity index (χ0n) is 75.6. The van der Waals surface area contributed by atoms with Crippen LogP contribution in [0.15, 0.2) is 0 Å². The number of carbonyl (C=O) groups excluding carboxylic acids is 4. The first-order chi connectivity index (χ1) is 55.2. The van der Waals surface area contributed by atoms with Gasteiger partial charge in [-0.05, 0) is 43.4 Å². The third kappa shape index (κ3) is 87.9.